The van der Waals surface area contributed by atoms with E-state index in [1.54, 1.807) is 0 Å². The molecule has 2 rings (SSSR count). The molecule has 0 aliphatic heterocycles. The van der Waals surface area contributed by atoms with E-state index in [0.29, 0.717) is 5.92 Å². The Morgan fingerprint density at radius 3 is 2.50 bits per heavy atom. The van der Waals surface area contributed by atoms with Gasteiger partial charge in [-0.2, -0.15) is 5.10 Å². The molecule has 0 aliphatic carbocycles. The number of nitrogens with zero attached hydrogens (tertiary/aromatic N) is 3. The summed E-state index contributed by atoms with van der Waals surface area (Å²) in [5, 5.41) is 11.1. The number of hydrogen-bond donors (Lipinski definition) is 2. The zero-order valence-corrected chi connectivity index (χ0v) is 15.0. The lowest BCUT2D eigenvalue weighted by molar-refractivity contribution is 0.481. The van der Waals surface area contributed by atoms with Crippen molar-refractivity contribution in [3.8, 4) is 0 Å². The van der Waals surface area contributed by atoms with Crippen molar-refractivity contribution in [2.75, 3.05) is 13.6 Å². The number of nitrogens with one attached hydrogen (secondary N) is 2. The summed E-state index contributed by atoms with van der Waals surface area (Å²) in [6, 6.07) is 10.4. The first kappa shape index (κ1) is 18.0. The number of aliphatic imine (C=N–C) groups is 1. The van der Waals surface area contributed by atoms with Crippen molar-refractivity contribution in [2.24, 2.45) is 10.9 Å². The minimum atomic E-state index is 0.690. The SMILES string of the molecule is CCC(CC)CNC(=NC)NCc1ccccc1Cn1cccn1. The van der Waals surface area contributed by atoms with Gasteiger partial charge in [0.05, 0.1) is 6.54 Å². The van der Waals surface area contributed by atoms with Gasteiger partial charge in [-0.25, -0.2) is 0 Å². The molecular weight excluding hydrogens is 298 g/mol. The van der Waals surface area contributed by atoms with E-state index in [0.717, 1.165) is 25.6 Å². The third-order valence-electron chi connectivity index (χ3n) is 4.39. The van der Waals surface area contributed by atoms with E-state index in [2.05, 4.69) is 58.8 Å². The first-order valence-corrected chi connectivity index (χ1v) is 8.75. The molecule has 2 aromatic rings. The lowest BCUT2D eigenvalue weighted by Gasteiger charge is -2.17. The van der Waals surface area contributed by atoms with Gasteiger partial charge in [-0.15, -0.1) is 0 Å². The fourth-order valence-electron chi connectivity index (χ4n) is 2.67. The lowest BCUT2D eigenvalue weighted by Crippen LogP contribution is -2.39. The first-order valence-electron chi connectivity index (χ1n) is 8.75. The predicted molar refractivity (Wildman–Crippen MR) is 100 cm³/mol. The molecule has 0 aliphatic rings. The van der Waals surface area contributed by atoms with Crippen LogP contribution in [0.1, 0.15) is 37.8 Å². The minimum Gasteiger partial charge on any atom is -0.356 e. The number of rotatable bonds is 8. The summed E-state index contributed by atoms with van der Waals surface area (Å²) >= 11 is 0. The highest BCUT2D eigenvalue weighted by atomic mass is 15.3. The summed E-state index contributed by atoms with van der Waals surface area (Å²) in [6.45, 7) is 6.96. The zero-order chi connectivity index (χ0) is 17.2. The van der Waals surface area contributed by atoms with Crippen molar-refractivity contribution in [3.05, 3.63) is 53.9 Å². The molecule has 1 aromatic heterocycles. The van der Waals surface area contributed by atoms with Crippen molar-refractivity contribution in [3.63, 3.8) is 0 Å². The molecule has 0 amide bonds. The van der Waals surface area contributed by atoms with Crippen LogP contribution in [-0.4, -0.2) is 29.3 Å². The Bertz CT molecular complexity index is 614. The third-order valence-corrected chi connectivity index (χ3v) is 4.39. The van der Waals surface area contributed by atoms with E-state index in [-0.39, 0.29) is 0 Å². The molecule has 1 heterocycles. The third kappa shape index (κ3) is 5.41. The molecule has 0 unspecified atom stereocenters. The highest BCUT2D eigenvalue weighted by Crippen LogP contribution is 2.10. The van der Waals surface area contributed by atoms with Crippen LogP contribution in [0.2, 0.25) is 0 Å². The van der Waals surface area contributed by atoms with Crippen LogP contribution in [-0.2, 0) is 13.1 Å². The minimum absolute atomic E-state index is 0.690. The summed E-state index contributed by atoms with van der Waals surface area (Å²) in [5.41, 5.74) is 2.53. The van der Waals surface area contributed by atoms with Crippen molar-refractivity contribution in [2.45, 2.75) is 39.8 Å². The van der Waals surface area contributed by atoms with Crippen molar-refractivity contribution >= 4 is 5.96 Å². The maximum atomic E-state index is 4.33. The van der Waals surface area contributed by atoms with Crippen LogP contribution in [0.4, 0.5) is 0 Å². The molecular formula is C19H29N5. The van der Waals surface area contributed by atoms with Gasteiger partial charge in [0, 0.05) is 32.5 Å². The summed E-state index contributed by atoms with van der Waals surface area (Å²) in [4.78, 5) is 4.33. The van der Waals surface area contributed by atoms with Crippen LogP contribution in [0.3, 0.4) is 0 Å². The first-order chi connectivity index (χ1) is 11.8. The fourth-order valence-corrected chi connectivity index (χ4v) is 2.67. The van der Waals surface area contributed by atoms with Gasteiger partial charge in [0.15, 0.2) is 5.96 Å². The predicted octanol–water partition coefficient (Wildman–Crippen LogP) is 3.03. The van der Waals surface area contributed by atoms with Crippen molar-refractivity contribution in [1.29, 1.82) is 0 Å². The second-order valence-corrected chi connectivity index (χ2v) is 5.96. The maximum absolute atomic E-state index is 4.33. The smallest absolute Gasteiger partial charge is 0.191 e. The molecule has 5 nitrogen and oxygen atoms in total. The summed E-state index contributed by atoms with van der Waals surface area (Å²) in [7, 11) is 1.82. The van der Waals surface area contributed by atoms with E-state index in [1.807, 2.05) is 30.2 Å². The van der Waals surface area contributed by atoms with Gasteiger partial charge in [-0.1, -0.05) is 51.0 Å². The maximum Gasteiger partial charge on any atom is 0.191 e. The Labute approximate surface area is 145 Å². The number of hydrogen-bond acceptors (Lipinski definition) is 2. The van der Waals surface area contributed by atoms with Gasteiger partial charge < -0.3 is 10.6 Å². The van der Waals surface area contributed by atoms with E-state index in [4.69, 9.17) is 0 Å². The van der Waals surface area contributed by atoms with E-state index < -0.39 is 0 Å². The molecule has 5 heteroatoms. The molecule has 2 N–H and O–H groups in total. The topological polar surface area (TPSA) is 54.2 Å². The van der Waals surface area contributed by atoms with Crippen molar-refractivity contribution < 1.29 is 0 Å². The monoisotopic (exact) mass is 327 g/mol. The molecule has 130 valence electrons. The van der Waals surface area contributed by atoms with Crippen LogP contribution in [0.25, 0.3) is 0 Å². The van der Waals surface area contributed by atoms with Gasteiger partial charge in [-0.3, -0.25) is 9.67 Å². The van der Waals surface area contributed by atoms with Gasteiger partial charge >= 0.3 is 0 Å². The van der Waals surface area contributed by atoms with Crippen LogP contribution in [0.5, 0.6) is 0 Å². The quantitative estimate of drug-likeness (QED) is 0.579. The van der Waals surface area contributed by atoms with Gasteiger partial charge in [-0.05, 0) is 23.1 Å². The van der Waals surface area contributed by atoms with Crippen LogP contribution < -0.4 is 10.6 Å². The molecule has 1 aromatic carbocycles. The van der Waals surface area contributed by atoms with Crippen LogP contribution in [0, 0.1) is 5.92 Å². The molecule has 0 fully saturated rings. The second-order valence-electron chi connectivity index (χ2n) is 5.96. The lowest BCUT2D eigenvalue weighted by atomic mass is 10.0. The Morgan fingerprint density at radius 1 is 1.12 bits per heavy atom. The van der Waals surface area contributed by atoms with E-state index in [1.165, 1.54) is 24.0 Å². The zero-order valence-electron chi connectivity index (χ0n) is 15.0. The largest absolute Gasteiger partial charge is 0.356 e. The van der Waals surface area contributed by atoms with Gasteiger partial charge in [0.25, 0.3) is 0 Å². The summed E-state index contributed by atoms with van der Waals surface area (Å²) < 4.78 is 1.94. The summed E-state index contributed by atoms with van der Waals surface area (Å²) in [5.74, 6) is 1.55. The van der Waals surface area contributed by atoms with E-state index in [9.17, 15) is 0 Å². The Morgan fingerprint density at radius 2 is 1.88 bits per heavy atom. The van der Waals surface area contributed by atoms with Crippen LogP contribution >= 0.6 is 0 Å². The average Bonchev–Trinajstić information content (AvgIpc) is 3.12. The highest BCUT2D eigenvalue weighted by molar-refractivity contribution is 5.79. The highest BCUT2D eigenvalue weighted by Gasteiger charge is 2.07. The fraction of sp³-hybridized carbons (Fsp3) is 0.474. The van der Waals surface area contributed by atoms with Crippen LogP contribution in [0.15, 0.2) is 47.7 Å². The Balaban J connectivity index is 1.93. The normalized spacial score (nSPS) is 11.8. The molecule has 0 saturated heterocycles. The molecule has 0 saturated carbocycles. The van der Waals surface area contributed by atoms with Crippen molar-refractivity contribution in [1.82, 2.24) is 20.4 Å². The molecule has 0 bridgehead atoms. The summed E-state index contributed by atoms with van der Waals surface area (Å²) in [6.07, 6.45) is 6.17. The standard InChI is InChI=1S/C19H29N5/c1-4-16(5-2)13-21-19(20-3)22-14-17-9-6-7-10-18(17)15-24-12-8-11-23-24/h6-12,16H,4-5,13-15H2,1-3H3,(H2,20,21,22). The Kier molecular flexibility index (Phi) is 7.33. The van der Waals surface area contributed by atoms with Gasteiger partial charge in [0.1, 0.15) is 0 Å². The van der Waals surface area contributed by atoms with Gasteiger partial charge in [0.2, 0.25) is 0 Å². The molecule has 24 heavy (non-hydrogen) atoms. The molecule has 0 radical (unpaired) electrons. The second kappa shape index (κ2) is 9.75. The molecule has 0 atom stereocenters. The number of aromatic nitrogens is 2. The van der Waals surface area contributed by atoms with E-state index >= 15 is 0 Å². The number of guanidine groups is 1. The molecule has 0 spiro atoms. The number of benzene rings is 1. The average molecular weight is 327 g/mol. The Hall–Kier alpha value is -2.30.